The SMILES string of the molecule is N#CC1CC(F)(F)CN1C(=O)CN1C=CS[C@H]1Sc1ccc(Cl)cc1. The molecule has 1 amide bonds. The highest BCUT2D eigenvalue weighted by Crippen LogP contribution is 2.39. The summed E-state index contributed by atoms with van der Waals surface area (Å²) in [7, 11) is 0. The van der Waals surface area contributed by atoms with E-state index >= 15 is 0 Å². The molecule has 0 bridgehead atoms. The third-order valence-corrected chi connectivity index (χ3v) is 6.50. The Morgan fingerprint density at radius 1 is 1.44 bits per heavy atom. The molecule has 4 nitrogen and oxygen atoms in total. The number of amides is 1. The molecular weight excluding hydrogens is 388 g/mol. The Balaban J connectivity index is 1.63. The van der Waals surface area contributed by atoms with E-state index < -0.39 is 30.8 Å². The molecule has 1 aromatic rings. The molecule has 0 radical (unpaired) electrons. The van der Waals surface area contributed by atoms with Gasteiger partial charge in [0.05, 0.1) is 19.2 Å². The Hall–Kier alpha value is -1.43. The number of hydrogen-bond donors (Lipinski definition) is 0. The molecule has 2 aliphatic rings. The van der Waals surface area contributed by atoms with E-state index in [0.29, 0.717) is 5.02 Å². The summed E-state index contributed by atoms with van der Waals surface area (Å²) in [4.78, 5) is 16.2. The molecule has 0 aliphatic carbocycles. The maximum atomic E-state index is 13.5. The summed E-state index contributed by atoms with van der Waals surface area (Å²) in [5.41, 5.74) is 0. The molecule has 2 aliphatic heterocycles. The van der Waals surface area contributed by atoms with Gasteiger partial charge in [-0.1, -0.05) is 35.1 Å². The van der Waals surface area contributed by atoms with E-state index in [2.05, 4.69) is 0 Å². The van der Waals surface area contributed by atoms with E-state index in [1.54, 1.807) is 41.1 Å². The van der Waals surface area contributed by atoms with Crippen LogP contribution < -0.4 is 0 Å². The number of benzene rings is 1. The van der Waals surface area contributed by atoms with Crippen molar-refractivity contribution >= 4 is 41.0 Å². The van der Waals surface area contributed by atoms with Gasteiger partial charge in [-0.15, -0.1) is 0 Å². The molecule has 9 heteroatoms. The van der Waals surface area contributed by atoms with Crippen molar-refractivity contribution in [3.8, 4) is 6.07 Å². The van der Waals surface area contributed by atoms with Gasteiger partial charge in [-0.2, -0.15) is 5.26 Å². The number of nitrogens with zero attached hydrogens (tertiary/aromatic N) is 3. The molecule has 0 spiro atoms. The number of carbonyl (C=O) groups is 1. The van der Waals surface area contributed by atoms with E-state index in [4.69, 9.17) is 16.9 Å². The van der Waals surface area contributed by atoms with Gasteiger partial charge in [-0.3, -0.25) is 4.79 Å². The molecule has 25 heavy (non-hydrogen) atoms. The summed E-state index contributed by atoms with van der Waals surface area (Å²) < 4.78 is 26.9. The van der Waals surface area contributed by atoms with Crippen LogP contribution in [0.2, 0.25) is 5.02 Å². The maximum Gasteiger partial charge on any atom is 0.268 e. The summed E-state index contributed by atoms with van der Waals surface area (Å²) in [6, 6.07) is 8.08. The van der Waals surface area contributed by atoms with Gasteiger partial charge >= 0.3 is 0 Å². The second-order valence-electron chi connectivity index (χ2n) is 5.70. The zero-order valence-corrected chi connectivity index (χ0v) is 15.3. The van der Waals surface area contributed by atoms with Crippen LogP contribution in [0.1, 0.15) is 6.42 Å². The Labute approximate surface area is 157 Å². The average Bonchev–Trinajstić information content (AvgIpc) is 3.13. The smallest absolute Gasteiger partial charge is 0.268 e. The van der Waals surface area contributed by atoms with Gasteiger partial charge in [-0.25, -0.2) is 8.78 Å². The van der Waals surface area contributed by atoms with Crippen molar-refractivity contribution in [3.05, 3.63) is 40.9 Å². The fourth-order valence-corrected chi connectivity index (χ4v) is 4.97. The normalized spacial score (nSPS) is 24.6. The van der Waals surface area contributed by atoms with Crippen LogP contribution in [0.5, 0.6) is 0 Å². The van der Waals surface area contributed by atoms with Crippen LogP contribution in [0, 0.1) is 11.3 Å². The number of hydrogen-bond acceptors (Lipinski definition) is 5. The van der Waals surface area contributed by atoms with Crippen molar-refractivity contribution in [3.63, 3.8) is 0 Å². The first-order chi connectivity index (χ1) is 11.9. The van der Waals surface area contributed by atoms with Crippen LogP contribution >= 0.6 is 35.1 Å². The summed E-state index contributed by atoms with van der Waals surface area (Å²) in [6.07, 6.45) is 1.18. The highest BCUT2D eigenvalue weighted by atomic mass is 35.5. The molecule has 1 saturated heterocycles. The van der Waals surface area contributed by atoms with Crippen LogP contribution in [0.3, 0.4) is 0 Å². The number of halogens is 3. The molecule has 0 saturated carbocycles. The molecule has 3 rings (SSSR count). The Morgan fingerprint density at radius 2 is 2.16 bits per heavy atom. The first-order valence-electron chi connectivity index (χ1n) is 7.45. The van der Waals surface area contributed by atoms with Crippen molar-refractivity contribution in [2.75, 3.05) is 13.1 Å². The molecule has 1 aromatic carbocycles. The van der Waals surface area contributed by atoms with Gasteiger partial charge in [0, 0.05) is 22.5 Å². The number of alkyl halides is 2. The van der Waals surface area contributed by atoms with E-state index in [1.165, 1.54) is 11.8 Å². The van der Waals surface area contributed by atoms with E-state index in [9.17, 15) is 13.6 Å². The molecule has 132 valence electrons. The first kappa shape index (κ1) is 18.4. The minimum absolute atomic E-state index is 0.0387. The van der Waals surface area contributed by atoms with Gasteiger partial charge in [-0.05, 0) is 29.7 Å². The van der Waals surface area contributed by atoms with Crippen molar-refractivity contribution < 1.29 is 13.6 Å². The van der Waals surface area contributed by atoms with Crippen LogP contribution in [-0.2, 0) is 4.79 Å². The molecule has 1 unspecified atom stereocenters. The van der Waals surface area contributed by atoms with Gasteiger partial charge in [0.1, 0.15) is 10.7 Å². The molecule has 0 aromatic heterocycles. The van der Waals surface area contributed by atoms with Crippen LogP contribution in [0.15, 0.2) is 40.8 Å². The summed E-state index contributed by atoms with van der Waals surface area (Å²) in [5.74, 6) is -3.46. The zero-order valence-electron chi connectivity index (χ0n) is 12.9. The van der Waals surface area contributed by atoms with Gasteiger partial charge in [0.15, 0.2) is 0 Å². The van der Waals surface area contributed by atoms with Crippen molar-refractivity contribution in [1.29, 1.82) is 5.26 Å². The lowest BCUT2D eigenvalue weighted by atomic mass is 10.2. The molecule has 1 fully saturated rings. The largest absolute Gasteiger partial charge is 0.347 e. The van der Waals surface area contributed by atoms with Crippen molar-refractivity contribution in [1.82, 2.24) is 9.80 Å². The molecule has 0 N–H and O–H groups in total. The lowest BCUT2D eigenvalue weighted by Crippen LogP contribution is -2.42. The van der Waals surface area contributed by atoms with Gasteiger partial charge in [0.25, 0.3) is 5.92 Å². The number of rotatable bonds is 4. The second-order valence-corrected chi connectivity index (χ2v) is 8.58. The Bertz CT molecular complexity index is 723. The third kappa shape index (κ3) is 4.40. The minimum atomic E-state index is -3.00. The third-order valence-electron chi connectivity index (χ3n) is 3.83. The topological polar surface area (TPSA) is 47.3 Å². The van der Waals surface area contributed by atoms with E-state index in [-0.39, 0.29) is 11.3 Å². The summed E-state index contributed by atoms with van der Waals surface area (Å²) in [6.45, 7) is -0.729. The van der Waals surface area contributed by atoms with E-state index in [1.807, 2.05) is 17.5 Å². The fraction of sp³-hybridized carbons (Fsp3) is 0.375. The predicted molar refractivity (Wildman–Crippen MR) is 95.2 cm³/mol. The molecule has 2 atom stereocenters. The second kappa shape index (κ2) is 7.44. The monoisotopic (exact) mass is 401 g/mol. The Kier molecular flexibility index (Phi) is 5.46. The van der Waals surface area contributed by atoms with E-state index in [0.717, 1.165) is 9.80 Å². The quantitative estimate of drug-likeness (QED) is 0.763. The highest BCUT2D eigenvalue weighted by molar-refractivity contribution is 8.18. The lowest BCUT2D eigenvalue weighted by molar-refractivity contribution is -0.133. The minimum Gasteiger partial charge on any atom is -0.347 e. The highest BCUT2D eigenvalue weighted by Gasteiger charge is 2.47. The Morgan fingerprint density at radius 3 is 2.84 bits per heavy atom. The van der Waals surface area contributed by atoms with Crippen LogP contribution in [-0.4, -0.2) is 45.5 Å². The molecular formula is C16H14ClF2N3OS2. The van der Waals surface area contributed by atoms with Crippen LogP contribution in [0.25, 0.3) is 0 Å². The summed E-state index contributed by atoms with van der Waals surface area (Å²) in [5, 5.41) is 11.5. The standard InChI is InChI=1S/C16H14ClF2N3OS2/c17-11-1-3-13(4-2-11)25-15-21(5-6-24-15)9-14(23)22-10-16(18,19)7-12(22)8-20/h1-6,12,15H,7,9-10H2/t12?,15-/m0/s1. The maximum absolute atomic E-state index is 13.5. The fourth-order valence-electron chi connectivity index (χ4n) is 2.62. The summed E-state index contributed by atoms with van der Waals surface area (Å²) >= 11 is 8.95. The van der Waals surface area contributed by atoms with Gasteiger partial charge < -0.3 is 9.80 Å². The number of likely N-dealkylation sites (tertiary alicyclic amines) is 1. The van der Waals surface area contributed by atoms with Crippen molar-refractivity contribution in [2.45, 2.75) is 28.0 Å². The predicted octanol–water partition coefficient (Wildman–Crippen LogP) is 4.00. The lowest BCUT2D eigenvalue weighted by Gasteiger charge is -2.27. The average molecular weight is 402 g/mol. The zero-order chi connectivity index (χ0) is 18.0. The van der Waals surface area contributed by atoms with Crippen LogP contribution in [0.4, 0.5) is 8.78 Å². The number of thioether (sulfide) groups is 2. The molecule has 2 heterocycles. The first-order valence-corrected chi connectivity index (χ1v) is 9.65. The number of carbonyl (C=O) groups excluding carboxylic acids is 1. The number of nitriles is 1. The van der Waals surface area contributed by atoms with Crippen molar-refractivity contribution in [2.24, 2.45) is 0 Å². The van der Waals surface area contributed by atoms with Gasteiger partial charge in [0.2, 0.25) is 5.91 Å².